The number of nitrogens with zero attached hydrogens (tertiary/aromatic N) is 1. The average Bonchev–Trinajstić information content (AvgIpc) is 3.12. The summed E-state index contributed by atoms with van der Waals surface area (Å²) >= 11 is 1.67. The molecule has 2 aromatic rings. The summed E-state index contributed by atoms with van der Waals surface area (Å²) in [5, 5.41) is 2.04. The fraction of sp³-hybridized carbons (Fsp3) is 0.421. The second-order valence-corrected chi connectivity index (χ2v) is 7.36. The molecule has 1 aromatic carbocycles. The number of hydrogen-bond donors (Lipinski definition) is 1. The molecule has 5 heteroatoms. The lowest BCUT2D eigenvalue weighted by Gasteiger charge is -2.31. The Balaban J connectivity index is 1.84. The Labute approximate surface area is 147 Å². The summed E-state index contributed by atoms with van der Waals surface area (Å²) in [6.07, 6.45) is 3.78. The van der Waals surface area contributed by atoms with Gasteiger partial charge in [0, 0.05) is 22.5 Å². The zero-order chi connectivity index (χ0) is 16.9. The SMILES string of the molecule is COc1ccc(N(Cc2cccs2)C(=O)C2CCCC(N)C2)cc1. The minimum atomic E-state index is 0.0239. The summed E-state index contributed by atoms with van der Waals surface area (Å²) in [5.74, 6) is 1.00. The summed E-state index contributed by atoms with van der Waals surface area (Å²) < 4.78 is 5.23. The van der Waals surface area contributed by atoms with Crippen LogP contribution in [0.4, 0.5) is 5.69 Å². The third-order valence-corrected chi connectivity index (χ3v) is 5.47. The molecule has 1 aliphatic carbocycles. The molecule has 4 nitrogen and oxygen atoms in total. The second kappa shape index (κ2) is 7.81. The van der Waals surface area contributed by atoms with E-state index in [-0.39, 0.29) is 17.9 Å². The van der Waals surface area contributed by atoms with Gasteiger partial charge in [0.25, 0.3) is 0 Å². The highest BCUT2D eigenvalue weighted by atomic mass is 32.1. The van der Waals surface area contributed by atoms with Crippen LogP contribution in [0.2, 0.25) is 0 Å². The fourth-order valence-corrected chi connectivity index (χ4v) is 3.98. The molecule has 1 fully saturated rings. The van der Waals surface area contributed by atoms with E-state index >= 15 is 0 Å². The fourth-order valence-electron chi connectivity index (χ4n) is 3.29. The van der Waals surface area contributed by atoms with Gasteiger partial charge in [-0.25, -0.2) is 0 Å². The summed E-state index contributed by atoms with van der Waals surface area (Å²) in [7, 11) is 1.65. The Bertz CT molecular complexity index is 655. The molecule has 0 aliphatic heterocycles. The molecule has 0 spiro atoms. The Morgan fingerprint density at radius 1 is 1.29 bits per heavy atom. The number of ether oxygens (including phenoxy) is 1. The van der Waals surface area contributed by atoms with E-state index in [1.807, 2.05) is 40.6 Å². The minimum Gasteiger partial charge on any atom is -0.497 e. The standard InChI is InChI=1S/C19H24N2O2S/c1-23-17-9-7-16(8-10-17)21(13-18-6-3-11-24-18)19(22)14-4-2-5-15(20)12-14/h3,6-11,14-15H,2,4-5,12-13,20H2,1H3. The molecule has 128 valence electrons. The van der Waals surface area contributed by atoms with Crippen molar-refractivity contribution in [2.45, 2.75) is 38.3 Å². The first-order valence-corrected chi connectivity index (χ1v) is 9.28. The molecule has 2 N–H and O–H groups in total. The van der Waals surface area contributed by atoms with Gasteiger partial charge in [-0.05, 0) is 55.0 Å². The quantitative estimate of drug-likeness (QED) is 0.897. The summed E-state index contributed by atoms with van der Waals surface area (Å²) in [5.41, 5.74) is 7.00. The summed E-state index contributed by atoms with van der Waals surface area (Å²) in [4.78, 5) is 16.2. The Hall–Kier alpha value is -1.85. The number of benzene rings is 1. The third-order valence-electron chi connectivity index (χ3n) is 4.61. The van der Waals surface area contributed by atoms with Crippen molar-refractivity contribution in [2.24, 2.45) is 11.7 Å². The van der Waals surface area contributed by atoms with Crippen molar-refractivity contribution in [1.29, 1.82) is 0 Å². The van der Waals surface area contributed by atoms with Gasteiger partial charge < -0.3 is 15.4 Å². The maximum atomic E-state index is 13.2. The maximum absolute atomic E-state index is 13.2. The van der Waals surface area contributed by atoms with Crippen molar-refractivity contribution in [3.05, 3.63) is 46.7 Å². The molecule has 2 unspecified atom stereocenters. The first kappa shape index (κ1) is 17.0. The van der Waals surface area contributed by atoms with E-state index in [1.54, 1.807) is 18.4 Å². The van der Waals surface area contributed by atoms with Crippen molar-refractivity contribution in [3.63, 3.8) is 0 Å². The van der Waals surface area contributed by atoms with Crippen LogP contribution in [0.1, 0.15) is 30.6 Å². The molecular weight excluding hydrogens is 320 g/mol. The number of rotatable bonds is 5. The first-order chi connectivity index (χ1) is 11.7. The van der Waals surface area contributed by atoms with E-state index in [1.165, 1.54) is 4.88 Å². The van der Waals surface area contributed by atoms with Crippen LogP contribution in [0.5, 0.6) is 5.75 Å². The van der Waals surface area contributed by atoms with Gasteiger partial charge in [0.1, 0.15) is 5.75 Å². The van der Waals surface area contributed by atoms with Gasteiger partial charge in [-0.1, -0.05) is 12.5 Å². The zero-order valence-corrected chi connectivity index (χ0v) is 14.8. The van der Waals surface area contributed by atoms with E-state index in [2.05, 4.69) is 6.07 Å². The van der Waals surface area contributed by atoms with E-state index in [0.717, 1.165) is 37.1 Å². The van der Waals surface area contributed by atoms with Gasteiger partial charge in [0.15, 0.2) is 0 Å². The minimum absolute atomic E-state index is 0.0239. The molecule has 1 amide bonds. The van der Waals surface area contributed by atoms with Crippen molar-refractivity contribution < 1.29 is 9.53 Å². The molecule has 1 saturated carbocycles. The van der Waals surface area contributed by atoms with Gasteiger partial charge in [-0.15, -0.1) is 11.3 Å². The molecule has 0 saturated heterocycles. The molecule has 1 heterocycles. The van der Waals surface area contributed by atoms with Gasteiger partial charge in [0.05, 0.1) is 13.7 Å². The Kier molecular flexibility index (Phi) is 5.53. The normalized spacial score (nSPS) is 20.6. The van der Waals surface area contributed by atoms with Crippen LogP contribution in [0.3, 0.4) is 0 Å². The van der Waals surface area contributed by atoms with Crippen LogP contribution in [0.25, 0.3) is 0 Å². The van der Waals surface area contributed by atoms with E-state index < -0.39 is 0 Å². The number of hydrogen-bond acceptors (Lipinski definition) is 4. The summed E-state index contributed by atoms with van der Waals surface area (Å²) in [6.45, 7) is 0.606. The van der Waals surface area contributed by atoms with E-state index in [4.69, 9.17) is 10.5 Å². The molecule has 0 bridgehead atoms. The zero-order valence-electron chi connectivity index (χ0n) is 14.0. The average molecular weight is 344 g/mol. The largest absolute Gasteiger partial charge is 0.497 e. The molecule has 24 heavy (non-hydrogen) atoms. The smallest absolute Gasteiger partial charge is 0.230 e. The van der Waals surface area contributed by atoms with Crippen LogP contribution in [-0.2, 0) is 11.3 Å². The van der Waals surface area contributed by atoms with Gasteiger partial charge in [-0.3, -0.25) is 4.79 Å². The van der Waals surface area contributed by atoms with E-state index in [0.29, 0.717) is 6.54 Å². The van der Waals surface area contributed by atoms with Crippen molar-refractivity contribution >= 4 is 22.9 Å². The van der Waals surface area contributed by atoms with Crippen LogP contribution in [0, 0.1) is 5.92 Å². The second-order valence-electron chi connectivity index (χ2n) is 6.33. The highest BCUT2D eigenvalue weighted by Gasteiger charge is 2.30. The highest BCUT2D eigenvalue weighted by molar-refractivity contribution is 7.09. The monoisotopic (exact) mass is 344 g/mol. The van der Waals surface area contributed by atoms with Crippen LogP contribution < -0.4 is 15.4 Å². The van der Waals surface area contributed by atoms with Gasteiger partial charge >= 0.3 is 0 Å². The van der Waals surface area contributed by atoms with E-state index in [9.17, 15) is 4.79 Å². The number of carbonyl (C=O) groups excluding carboxylic acids is 1. The maximum Gasteiger partial charge on any atom is 0.230 e. The lowest BCUT2D eigenvalue weighted by atomic mass is 9.85. The highest BCUT2D eigenvalue weighted by Crippen LogP contribution is 2.29. The predicted molar refractivity (Wildman–Crippen MR) is 98.4 cm³/mol. The van der Waals surface area contributed by atoms with Crippen molar-refractivity contribution in [2.75, 3.05) is 12.0 Å². The van der Waals surface area contributed by atoms with Crippen LogP contribution in [0.15, 0.2) is 41.8 Å². The molecule has 2 atom stereocenters. The third kappa shape index (κ3) is 3.97. The first-order valence-electron chi connectivity index (χ1n) is 8.41. The topological polar surface area (TPSA) is 55.6 Å². The van der Waals surface area contributed by atoms with Crippen LogP contribution >= 0.6 is 11.3 Å². The lowest BCUT2D eigenvalue weighted by Crippen LogP contribution is -2.40. The van der Waals surface area contributed by atoms with Gasteiger partial charge in [-0.2, -0.15) is 0 Å². The van der Waals surface area contributed by atoms with Gasteiger partial charge in [0.2, 0.25) is 5.91 Å². The van der Waals surface area contributed by atoms with Crippen LogP contribution in [-0.4, -0.2) is 19.1 Å². The molecular formula is C19H24N2O2S. The predicted octanol–water partition coefficient (Wildman–Crippen LogP) is 3.81. The molecule has 3 rings (SSSR count). The lowest BCUT2D eigenvalue weighted by molar-refractivity contribution is -0.123. The number of carbonyl (C=O) groups is 1. The number of methoxy groups -OCH3 is 1. The Morgan fingerprint density at radius 3 is 2.71 bits per heavy atom. The van der Waals surface area contributed by atoms with Crippen molar-refractivity contribution in [1.82, 2.24) is 0 Å². The summed E-state index contributed by atoms with van der Waals surface area (Å²) in [6, 6.07) is 11.9. The number of thiophene rings is 1. The number of anilines is 1. The number of nitrogens with two attached hydrogens (primary N) is 1. The number of amides is 1. The van der Waals surface area contributed by atoms with Crippen molar-refractivity contribution in [3.8, 4) is 5.75 Å². The molecule has 0 radical (unpaired) electrons. The molecule has 1 aliphatic rings. The molecule has 1 aromatic heterocycles. The Morgan fingerprint density at radius 2 is 2.08 bits per heavy atom.